The Labute approximate surface area is 130 Å². The number of carbonyl (C=O) groups is 1. The van der Waals surface area contributed by atoms with Gasteiger partial charge in [-0.05, 0) is 36.6 Å². The molecular formula is C14H10NO5S2-. The predicted molar refractivity (Wildman–Crippen MR) is 80.4 cm³/mol. The van der Waals surface area contributed by atoms with Crippen molar-refractivity contribution in [2.45, 2.75) is 11.1 Å². The minimum atomic E-state index is -3.69. The van der Waals surface area contributed by atoms with Gasteiger partial charge in [0.25, 0.3) is 10.0 Å². The van der Waals surface area contributed by atoms with E-state index in [1.54, 1.807) is 11.4 Å². The summed E-state index contributed by atoms with van der Waals surface area (Å²) in [5, 5.41) is 13.1. The Hall–Kier alpha value is -2.32. The molecule has 2 heterocycles. The van der Waals surface area contributed by atoms with Crippen LogP contribution in [0.3, 0.4) is 0 Å². The second-order valence-electron chi connectivity index (χ2n) is 4.57. The molecule has 8 heteroatoms. The number of rotatable bonds is 4. The molecule has 0 unspecified atom stereocenters. The summed E-state index contributed by atoms with van der Waals surface area (Å²) >= 11 is 1.09. The molecule has 0 aliphatic rings. The lowest BCUT2D eigenvalue weighted by atomic mass is 10.1. The molecule has 0 amide bonds. The summed E-state index contributed by atoms with van der Waals surface area (Å²) < 4.78 is 32.3. The minimum Gasteiger partial charge on any atom is -0.545 e. The Balaban J connectivity index is 2.06. The van der Waals surface area contributed by atoms with Crippen LogP contribution in [0, 0.1) is 6.92 Å². The van der Waals surface area contributed by atoms with Gasteiger partial charge in [0.1, 0.15) is 15.6 Å². The number of benzene rings is 1. The Kier molecular flexibility index (Phi) is 3.42. The number of fused-ring (bicyclic) bond motifs is 1. The summed E-state index contributed by atoms with van der Waals surface area (Å²) in [6.07, 6.45) is 0. The average Bonchev–Trinajstić information content (AvgIpc) is 3.04. The quantitative estimate of drug-likeness (QED) is 0.785. The third kappa shape index (κ3) is 2.46. The summed E-state index contributed by atoms with van der Waals surface area (Å²) in [6.45, 7) is 1.51. The largest absolute Gasteiger partial charge is 0.545 e. The Bertz CT molecular complexity index is 955. The van der Waals surface area contributed by atoms with E-state index in [0.29, 0.717) is 11.0 Å². The fourth-order valence-corrected chi connectivity index (χ4v) is 4.20. The van der Waals surface area contributed by atoms with E-state index >= 15 is 0 Å². The maximum absolute atomic E-state index is 12.2. The third-order valence-electron chi connectivity index (χ3n) is 3.08. The van der Waals surface area contributed by atoms with E-state index in [9.17, 15) is 18.3 Å². The second kappa shape index (κ2) is 5.15. The molecular weight excluding hydrogens is 326 g/mol. The van der Waals surface area contributed by atoms with Crippen LogP contribution >= 0.6 is 11.3 Å². The van der Waals surface area contributed by atoms with Gasteiger partial charge < -0.3 is 14.3 Å². The normalized spacial score (nSPS) is 11.7. The number of carboxylic acid groups (broad SMARTS) is 1. The molecule has 22 heavy (non-hydrogen) atoms. The number of carbonyl (C=O) groups excluding carboxylic acids is 1. The number of nitrogens with one attached hydrogen (secondary N) is 1. The van der Waals surface area contributed by atoms with E-state index in [0.717, 1.165) is 11.3 Å². The van der Waals surface area contributed by atoms with Crippen molar-refractivity contribution in [3.63, 3.8) is 0 Å². The summed E-state index contributed by atoms with van der Waals surface area (Å²) in [5.74, 6) is -1.15. The van der Waals surface area contributed by atoms with E-state index in [2.05, 4.69) is 4.72 Å². The molecule has 0 aliphatic carbocycles. The van der Waals surface area contributed by atoms with Crippen molar-refractivity contribution in [1.82, 2.24) is 0 Å². The highest BCUT2D eigenvalue weighted by atomic mass is 32.2. The van der Waals surface area contributed by atoms with E-state index in [1.165, 1.54) is 31.2 Å². The number of aromatic carboxylic acids is 1. The van der Waals surface area contributed by atoms with Crippen molar-refractivity contribution in [3.05, 3.63) is 47.0 Å². The van der Waals surface area contributed by atoms with Crippen LogP contribution in [-0.2, 0) is 10.0 Å². The van der Waals surface area contributed by atoms with E-state index in [4.69, 9.17) is 4.42 Å². The first-order valence-corrected chi connectivity index (χ1v) is 8.55. The van der Waals surface area contributed by atoms with Crippen molar-refractivity contribution in [3.8, 4) is 0 Å². The molecule has 0 radical (unpaired) electrons. The second-order valence-corrected chi connectivity index (χ2v) is 7.43. The lowest BCUT2D eigenvalue weighted by Gasteiger charge is -2.07. The van der Waals surface area contributed by atoms with Gasteiger partial charge in [-0.25, -0.2) is 8.42 Å². The highest BCUT2D eigenvalue weighted by Crippen LogP contribution is 2.29. The molecule has 6 nitrogen and oxygen atoms in total. The average molecular weight is 336 g/mol. The maximum Gasteiger partial charge on any atom is 0.271 e. The lowest BCUT2D eigenvalue weighted by molar-refractivity contribution is -0.254. The van der Waals surface area contributed by atoms with Gasteiger partial charge in [-0.2, -0.15) is 0 Å². The molecule has 114 valence electrons. The van der Waals surface area contributed by atoms with Crippen LogP contribution in [0.5, 0.6) is 0 Å². The maximum atomic E-state index is 12.2. The van der Waals surface area contributed by atoms with Gasteiger partial charge in [0.05, 0.1) is 5.97 Å². The van der Waals surface area contributed by atoms with Crippen molar-refractivity contribution in [2.24, 2.45) is 0 Å². The number of hydrogen-bond donors (Lipinski definition) is 1. The number of thiophene rings is 1. The first-order valence-electron chi connectivity index (χ1n) is 6.19. The zero-order valence-corrected chi connectivity index (χ0v) is 13.0. The number of carboxylic acids is 1. The zero-order valence-electron chi connectivity index (χ0n) is 11.3. The Morgan fingerprint density at radius 1 is 1.32 bits per heavy atom. The molecule has 0 atom stereocenters. The Morgan fingerprint density at radius 2 is 2.09 bits per heavy atom. The van der Waals surface area contributed by atoms with Crippen LogP contribution in [-0.4, -0.2) is 14.4 Å². The molecule has 0 fully saturated rings. The Morgan fingerprint density at radius 3 is 2.73 bits per heavy atom. The van der Waals surface area contributed by atoms with Crippen LogP contribution in [0.15, 0.2) is 44.3 Å². The standard InChI is InChI=1S/C14H11NO5S2/c1-8-13(14(16)17)10-7-9(4-5-11(10)20-8)15-22(18,19)12-3-2-6-21-12/h2-7,15H,1H3,(H,16,17)/p-1. The smallest absolute Gasteiger partial charge is 0.271 e. The highest BCUT2D eigenvalue weighted by molar-refractivity contribution is 7.94. The van der Waals surface area contributed by atoms with E-state index in [-0.39, 0.29) is 21.2 Å². The predicted octanol–water partition coefficient (Wildman–Crippen LogP) is 1.97. The van der Waals surface area contributed by atoms with Crippen molar-refractivity contribution >= 4 is 44.0 Å². The van der Waals surface area contributed by atoms with Gasteiger partial charge in [0, 0.05) is 16.6 Å². The first-order chi connectivity index (χ1) is 10.4. The van der Waals surface area contributed by atoms with Crippen molar-refractivity contribution < 1.29 is 22.7 Å². The minimum absolute atomic E-state index is 0.0767. The number of hydrogen-bond acceptors (Lipinski definition) is 6. The van der Waals surface area contributed by atoms with Gasteiger partial charge >= 0.3 is 0 Å². The fourth-order valence-electron chi connectivity index (χ4n) is 2.16. The van der Waals surface area contributed by atoms with E-state index < -0.39 is 16.0 Å². The molecule has 3 rings (SSSR count). The number of anilines is 1. The first kappa shape index (κ1) is 14.6. The van der Waals surface area contributed by atoms with Crippen LogP contribution < -0.4 is 9.83 Å². The van der Waals surface area contributed by atoms with E-state index in [1.807, 2.05) is 0 Å². The SMILES string of the molecule is Cc1oc2ccc(NS(=O)(=O)c3cccs3)cc2c1C(=O)[O-]. The van der Waals surface area contributed by atoms with Gasteiger partial charge in [-0.3, -0.25) is 4.72 Å². The molecule has 0 bridgehead atoms. The third-order valence-corrected chi connectivity index (χ3v) is 5.86. The lowest BCUT2D eigenvalue weighted by Crippen LogP contribution is -2.22. The molecule has 2 aromatic heterocycles. The highest BCUT2D eigenvalue weighted by Gasteiger charge is 2.17. The van der Waals surface area contributed by atoms with Crippen LogP contribution in [0.4, 0.5) is 5.69 Å². The van der Waals surface area contributed by atoms with Gasteiger partial charge in [-0.15, -0.1) is 11.3 Å². The van der Waals surface area contributed by atoms with Gasteiger partial charge in [-0.1, -0.05) is 6.07 Å². The van der Waals surface area contributed by atoms with Crippen molar-refractivity contribution in [1.29, 1.82) is 0 Å². The summed E-state index contributed by atoms with van der Waals surface area (Å²) in [7, 11) is -3.69. The molecule has 1 N–H and O–H groups in total. The molecule has 0 saturated heterocycles. The molecule has 3 aromatic rings. The fraction of sp³-hybridized carbons (Fsp3) is 0.0714. The molecule has 0 aliphatic heterocycles. The molecule has 0 saturated carbocycles. The number of furan rings is 1. The zero-order chi connectivity index (χ0) is 15.9. The molecule has 0 spiro atoms. The number of aryl methyl sites for hydroxylation is 1. The topological polar surface area (TPSA) is 99.4 Å². The van der Waals surface area contributed by atoms with Gasteiger partial charge in [0.15, 0.2) is 0 Å². The van der Waals surface area contributed by atoms with Crippen molar-refractivity contribution in [2.75, 3.05) is 4.72 Å². The summed E-state index contributed by atoms with van der Waals surface area (Å²) in [5.41, 5.74) is 0.534. The summed E-state index contributed by atoms with van der Waals surface area (Å²) in [6, 6.07) is 7.56. The number of sulfonamides is 1. The van der Waals surface area contributed by atoms with Gasteiger partial charge in [0.2, 0.25) is 0 Å². The molecule has 1 aromatic carbocycles. The monoisotopic (exact) mass is 336 g/mol. The van der Waals surface area contributed by atoms with Crippen LogP contribution in [0.1, 0.15) is 16.1 Å². The van der Waals surface area contributed by atoms with Crippen LogP contribution in [0.2, 0.25) is 0 Å². The van der Waals surface area contributed by atoms with Crippen LogP contribution in [0.25, 0.3) is 11.0 Å². The summed E-state index contributed by atoms with van der Waals surface area (Å²) in [4.78, 5) is 11.2.